The van der Waals surface area contributed by atoms with Crippen LogP contribution < -0.4 is 0 Å². The lowest BCUT2D eigenvalue weighted by molar-refractivity contribution is 0.112. The molecule has 2 heterocycles. The highest BCUT2D eigenvalue weighted by molar-refractivity contribution is 5.73. The molecule has 0 amide bonds. The van der Waals surface area contributed by atoms with Crippen LogP contribution in [0.2, 0.25) is 0 Å². The molecule has 0 spiro atoms. The summed E-state index contributed by atoms with van der Waals surface area (Å²) in [4.78, 5) is 10.5. The first-order valence-corrected chi connectivity index (χ1v) is 4.60. The van der Waals surface area contributed by atoms with Gasteiger partial charge >= 0.3 is 0 Å². The monoisotopic (exact) mass is 205 g/mol. The van der Waals surface area contributed by atoms with Crippen molar-refractivity contribution in [3.8, 4) is 0 Å². The van der Waals surface area contributed by atoms with Crippen molar-refractivity contribution in [1.82, 2.24) is 14.9 Å². The SMILES string of the molecule is Cc1noc(C)c1Cn1cc(C=O)cn1. The predicted molar refractivity (Wildman–Crippen MR) is 52.7 cm³/mol. The molecule has 2 rings (SSSR count). The van der Waals surface area contributed by atoms with Crippen LogP contribution in [0.3, 0.4) is 0 Å². The van der Waals surface area contributed by atoms with Gasteiger partial charge in [-0.05, 0) is 13.8 Å². The molecule has 0 aromatic carbocycles. The molecule has 0 aliphatic carbocycles. The Kier molecular flexibility index (Phi) is 2.37. The molecule has 0 saturated heterocycles. The number of aryl methyl sites for hydroxylation is 2. The first-order chi connectivity index (χ1) is 7.20. The van der Waals surface area contributed by atoms with Gasteiger partial charge in [-0.2, -0.15) is 5.10 Å². The molecule has 15 heavy (non-hydrogen) atoms. The van der Waals surface area contributed by atoms with Crippen molar-refractivity contribution in [3.05, 3.63) is 35.0 Å². The van der Waals surface area contributed by atoms with Crippen LogP contribution in [0.1, 0.15) is 27.4 Å². The van der Waals surface area contributed by atoms with E-state index in [0.29, 0.717) is 12.1 Å². The maximum Gasteiger partial charge on any atom is 0.153 e. The van der Waals surface area contributed by atoms with Gasteiger partial charge in [0.2, 0.25) is 0 Å². The quantitative estimate of drug-likeness (QED) is 0.709. The fourth-order valence-corrected chi connectivity index (χ4v) is 1.42. The highest BCUT2D eigenvalue weighted by Crippen LogP contribution is 2.13. The summed E-state index contributed by atoms with van der Waals surface area (Å²) < 4.78 is 6.73. The zero-order valence-corrected chi connectivity index (χ0v) is 8.60. The van der Waals surface area contributed by atoms with Gasteiger partial charge in [0.1, 0.15) is 5.76 Å². The number of nitrogens with zero attached hydrogens (tertiary/aromatic N) is 3. The molecule has 0 aliphatic heterocycles. The molecular weight excluding hydrogens is 194 g/mol. The Bertz CT molecular complexity index is 465. The van der Waals surface area contributed by atoms with Gasteiger partial charge in [-0.1, -0.05) is 5.16 Å². The van der Waals surface area contributed by atoms with Gasteiger partial charge in [0.25, 0.3) is 0 Å². The van der Waals surface area contributed by atoms with Gasteiger partial charge in [0, 0.05) is 11.8 Å². The Morgan fingerprint density at radius 1 is 1.53 bits per heavy atom. The Hall–Kier alpha value is -1.91. The predicted octanol–water partition coefficient (Wildman–Crippen LogP) is 1.35. The molecule has 0 bridgehead atoms. The highest BCUT2D eigenvalue weighted by atomic mass is 16.5. The number of aldehydes is 1. The first kappa shape index (κ1) is 9.64. The van der Waals surface area contributed by atoms with Crippen molar-refractivity contribution in [3.63, 3.8) is 0 Å². The molecular formula is C10H11N3O2. The summed E-state index contributed by atoms with van der Waals surface area (Å²) >= 11 is 0. The van der Waals surface area contributed by atoms with Crippen LogP contribution in [0, 0.1) is 13.8 Å². The number of hydrogen-bond acceptors (Lipinski definition) is 4. The molecule has 5 nitrogen and oxygen atoms in total. The van der Waals surface area contributed by atoms with Crippen LogP contribution in [-0.2, 0) is 6.54 Å². The summed E-state index contributed by atoms with van der Waals surface area (Å²) in [5.74, 6) is 0.788. The third-order valence-corrected chi connectivity index (χ3v) is 2.29. The van der Waals surface area contributed by atoms with Crippen LogP contribution in [0.25, 0.3) is 0 Å². The van der Waals surface area contributed by atoms with Crippen molar-refractivity contribution in [1.29, 1.82) is 0 Å². The summed E-state index contributed by atoms with van der Waals surface area (Å²) in [6, 6.07) is 0. The molecule has 0 N–H and O–H groups in total. The van der Waals surface area contributed by atoms with E-state index in [1.165, 1.54) is 6.20 Å². The van der Waals surface area contributed by atoms with E-state index in [-0.39, 0.29) is 0 Å². The lowest BCUT2D eigenvalue weighted by atomic mass is 10.2. The summed E-state index contributed by atoms with van der Waals surface area (Å²) in [5, 5.41) is 7.91. The summed E-state index contributed by atoms with van der Waals surface area (Å²) in [6.45, 7) is 4.32. The van der Waals surface area contributed by atoms with Gasteiger partial charge in [0.15, 0.2) is 6.29 Å². The number of rotatable bonds is 3. The van der Waals surface area contributed by atoms with Gasteiger partial charge in [0.05, 0.1) is 24.0 Å². The lowest BCUT2D eigenvalue weighted by Crippen LogP contribution is -2.01. The van der Waals surface area contributed by atoms with Gasteiger partial charge in [-0.25, -0.2) is 0 Å². The fourth-order valence-electron chi connectivity index (χ4n) is 1.42. The van der Waals surface area contributed by atoms with Crippen molar-refractivity contribution < 1.29 is 9.32 Å². The van der Waals surface area contributed by atoms with Crippen molar-refractivity contribution in [2.24, 2.45) is 0 Å². The van der Waals surface area contributed by atoms with Gasteiger partial charge < -0.3 is 4.52 Å². The van der Waals surface area contributed by atoms with E-state index in [9.17, 15) is 4.79 Å². The van der Waals surface area contributed by atoms with Gasteiger partial charge in [-0.15, -0.1) is 0 Å². The minimum Gasteiger partial charge on any atom is -0.361 e. The average Bonchev–Trinajstić information content (AvgIpc) is 2.80. The molecule has 5 heteroatoms. The van der Waals surface area contributed by atoms with E-state index in [0.717, 1.165) is 23.3 Å². The van der Waals surface area contributed by atoms with E-state index in [1.807, 2.05) is 13.8 Å². The standard InChI is InChI=1S/C10H11N3O2/c1-7-10(8(2)15-12-7)5-13-4-9(6-14)3-11-13/h3-4,6H,5H2,1-2H3. The molecule has 0 fully saturated rings. The van der Waals surface area contributed by atoms with Crippen LogP contribution in [0.5, 0.6) is 0 Å². The Morgan fingerprint density at radius 3 is 2.87 bits per heavy atom. The second-order valence-corrected chi connectivity index (χ2v) is 3.39. The molecule has 0 saturated carbocycles. The smallest absolute Gasteiger partial charge is 0.153 e. The number of carbonyl (C=O) groups excluding carboxylic acids is 1. The van der Waals surface area contributed by atoms with E-state index in [1.54, 1.807) is 10.9 Å². The number of carbonyl (C=O) groups is 1. The molecule has 0 aliphatic rings. The molecule has 2 aromatic rings. The largest absolute Gasteiger partial charge is 0.361 e. The second kappa shape index (κ2) is 3.68. The third-order valence-electron chi connectivity index (χ3n) is 2.29. The zero-order chi connectivity index (χ0) is 10.8. The summed E-state index contributed by atoms with van der Waals surface area (Å²) in [5.41, 5.74) is 2.44. The van der Waals surface area contributed by atoms with E-state index in [4.69, 9.17) is 4.52 Å². The zero-order valence-electron chi connectivity index (χ0n) is 8.60. The molecule has 0 unspecified atom stereocenters. The first-order valence-electron chi connectivity index (χ1n) is 4.60. The Morgan fingerprint density at radius 2 is 2.33 bits per heavy atom. The third kappa shape index (κ3) is 1.81. The van der Waals surface area contributed by atoms with Crippen LogP contribution >= 0.6 is 0 Å². The maximum atomic E-state index is 10.5. The van der Waals surface area contributed by atoms with Crippen molar-refractivity contribution >= 4 is 6.29 Å². The fraction of sp³-hybridized carbons (Fsp3) is 0.300. The summed E-state index contributed by atoms with van der Waals surface area (Å²) in [7, 11) is 0. The molecule has 78 valence electrons. The Labute approximate surface area is 86.7 Å². The second-order valence-electron chi connectivity index (χ2n) is 3.39. The molecule has 0 atom stereocenters. The van der Waals surface area contributed by atoms with E-state index in [2.05, 4.69) is 10.3 Å². The highest BCUT2D eigenvalue weighted by Gasteiger charge is 2.09. The topological polar surface area (TPSA) is 60.9 Å². The van der Waals surface area contributed by atoms with Gasteiger partial charge in [-0.3, -0.25) is 9.48 Å². The minimum absolute atomic E-state index is 0.571. The number of aromatic nitrogens is 3. The van der Waals surface area contributed by atoms with Crippen LogP contribution in [0.4, 0.5) is 0 Å². The van der Waals surface area contributed by atoms with Crippen molar-refractivity contribution in [2.75, 3.05) is 0 Å². The van der Waals surface area contributed by atoms with Crippen LogP contribution in [0.15, 0.2) is 16.9 Å². The Balaban J connectivity index is 2.25. The van der Waals surface area contributed by atoms with Crippen molar-refractivity contribution in [2.45, 2.75) is 20.4 Å². The number of hydrogen-bond donors (Lipinski definition) is 0. The average molecular weight is 205 g/mol. The van der Waals surface area contributed by atoms with E-state index < -0.39 is 0 Å². The normalized spacial score (nSPS) is 10.5. The maximum absolute atomic E-state index is 10.5. The minimum atomic E-state index is 0.571. The lowest BCUT2D eigenvalue weighted by Gasteiger charge is -1.99. The van der Waals surface area contributed by atoms with Crippen LogP contribution in [-0.4, -0.2) is 21.2 Å². The molecule has 2 aromatic heterocycles. The molecule has 0 radical (unpaired) electrons. The van der Waals surface area contributed by atoms with E-state index >= 15 is 0 Å². The summed E-state index contributed by atoms with van der Waals surface area (Å²) in [6.07, 6.45) is 4.00.